The number of Topliss-reactive ketones (excluding diaryl/α,β-unsaturated/α-hetero) is 1. The Balaban J connectivity index is 2.53. The van der Waals surface area contributed by atoms with Crippen molar-refractivity contribution in [1.82, 2.24) is 0 Å². The van der Waals surface area contributed by atoms with E-state index in [1.54, 1.807) is 0 Å². The van der Waals surface area contributed by atoms with Crippen LogP contribution in [0.5, 0.6) is 0 Å². The number of nitrogens with zero attached hydrogens (tertiary/aromatic N) is 1. The van der Waals surface area contributed by atoms with Gasteiger partial charge in [-0.25, -0.2) is 0 Å². The second-order valence-corrected chi connectivity index (χ2v) is 3.92. The summed E-state index contributed by atoms with van der Waals surface area (Å²) in [5.41, 5.74) is 0. The average molecular weight is 169 g/mol. The van der Waals surface area contributed by atoms with Gasteiger partial charge in [-0.3, -0.25) is 4.79 Å². The maximum atomic E-state index is 11.3. The van der Waals surface area contributed by atoms with Crippen LogP contribution in [-0.4, -0.2) is 11.0 Å². The Morgan fingerprint density at radius 3 is 3.00 bits per heavy atom. The van der Waals surface area contributed by atoms with Gasteiger partial charge >= 0.3 is 0 Å². The summed E-state index contributed by atoms with van der Waals surface area (Å²) in [6.07, 6.45) is 2.98. The highest BCUT2D eigenvalue weighted by molar-refractivity contribution is 8.04. The third-order valence-electron chi connectivity index (χ3n) is 2.10. The Bertz CT molecular complexity index is 197. The standard InChI is InChI=1S/C8H11NOS/c1-6-3-2-4-7(8(6)10)11-5-9/h6-7H,2-4H2,1H3. The lowest BCUT2D eigenvalue weighted by Crippen LogP contribution is -2.28. The molecule has 1 aliphatic carbocycles. The highest BCUT2D eigenvalue weighted by Gasteiger charge is 2.28. The summed E-state index contributed by atoms with van der Waals surface area (Å²) >= 11 is 1.12. The van der Waals surface area contributed by atoms with E-state index in [1.807, 2.05) is 12.3 Å². The Labute approximate surface area is 71.0 Å². The van der Waals surface area contributed by atoms with Gasteiger partial charge in [-0.05, 0) is 24.6 Å². The molecule has 2 nitrogen and oxygen atoms in total. The second-order valence-electron chi connectivity index (χ2n) is 2.93. The summed E-state index contributed by atoms with van der Waals surface area (Å²) in [4.78, 5) is 11.3. The Morgan fingerprint density at radius 1 is 1.64 bits per heavy atom. The molecule has 2 atom stereocenters. The van der Waals surface area contributed by atoms with E-state index in [-0.39, 0.29) is 17.0 Å². The molecule has 0 aromatic heterocycles. The second kappa shape index (κ2) is 3.77. The minimum Gasteiger partial charge on any atom is -0.298 e. The van der Waals surface area contributed by atoms with Crippen molar-refractivity contribution in [3.05, 3.63) is 0 Å². The van der Waals surface area contributed by atoms with Crippen molar-refractivity contribution in [3.63, 3.8) is 0 Å². The highest BCUT2D eigenvalue weighted by atomic mass is 32.2. The SMILES string of the molecule is CC1CCCC(SC#N)C1=O. The van der Waals surface area contributed by atoms with Crippen molar-refractivity contribution in [2.45, 2.75) is 31.4 Å². The van der Waals surface area contributed by atoms with E-state index in [4.69, 9.17) is 5.26 Å². The minimum atomic E-state index is -0.0382. The van der Waals surface area contributed by atoms with Crippen LogP contribution in [0.25, 0.3) is 0 Å². The number of nitriles is 1. The fourth-order valence-corrected chi connectivity index (χ4v) is 2.15. The topological polar surface area (TPSA) is 40.9 Å². The first-order chi connectivity index (χ1) is 5.25. The van der Waals surface area contributed by atoms with Gasteiger partial charge in [0.2, 0.25) is 0 Å². The zero-order valence-electron chi connectivity index (χ0n) is 6.54. The van der Waals surface area contributed by atoms with E-state index in [2.05, 4.69) is 0 Å². The molecule has 0 N–H and O–H groups in total. The van der Waals surface area contributed by atoms with E-state index in [1.165, 1.54) is 0 Å². The molecule has 1 saturated carbocycles. The number of ketones is 1. The average Bonchev–Trinajstić information content (AvgIpc) is 1.99. The van der Waals surface area contributed by atoms with E-state index in [9.17, 15) is 4.79 Å². The summed E-state index contributed by atoms with van der Waals surface area (Å²) in [7, 11) is 0. The van der Waals surface area contributed by atoms with Gasteiger partial charge in [0.25, 0.3) is 0 Å². The van der Waals surface area contributed by atoms with Crippen molar-refractivity contribution in [3.8, 4) is 5.40 Å². The first-order valence-corrected chi connectivity index (χ1v) is 4.72. The van der Waals surface area contributed by atoms with E-state index in [0.717, 1.165) is 31.0 Å². The van der Waals surface area contributed by atoms with Crippen LogP contribution in [0, 0.1) is 16.6 Å². The molecule has 2 unspecified atom stereocenters. The molecular weight excluding hydrogens is 158 g/mol. The molecule has 1 fully saturated rings. The third kappa shape index (κ3) is 1.97. The van der Waals surface area contributed by atoms with Gasteiger partial charge in [-0.2, -0.15) is 5.26 Å². The number of carbonyl (C=O) groups excluding carboxylic acids is 1. The smallest absolute Gasteiger partial charge is 0.149 e. The molecule has 11 heavy (non-hydrogen) atoms. The van der Waals surface area contributed by atoms with Crippen molar-refractivity contribution in [1.29, 1.82) is 5.26 Å². The Kier molecular flexibility index (Phi) is 2.95. The highest BCUT2D eigenvalue weighted by Crippen LogP contribution is 2.28. The molecule has 0 radical (unpaired) electrons. The lowest BCUT2D eigenvalue weighted by Gasteiger charge is -2.22. The lowest BCUT2D eigenvalue weighted by atomic mass is 9.89. The summed E-state index contributed by atoms with van der Waals surface area (Å²) in [5.74, 6) is 0.442. The minimum absolute atomic E-state index is 0.0382. The number of thiocyanates is 1. The quantitative estimate of drug-likeness (QED) is 0.563. The molecule has 0 aromatic rings. The van der Waals surface area contributed by atoms with E-state index >= 15 is 0 Å². The van der Waals surface area contributed by atoms with Crippen LogP contribution in [0.2, 0.25) is 0 Å². The zero-order chi connectivity index (χ0) is 8.27. The number of thioether (sulfide) groups is 1. The molecule has 1 rings (SSSR count). The van der Waals surface area contributed by atoms with E-state index < -0.39 is 0 Å². The largest absolute Gasteiger partial charge is 0.298 e. The van der Waals surface area contributed by atoms with Gasteiger partial charge in [0, 0.05) is 5.92 Å². The van der Waals surface area contributed by atoms with Crippen LogP contribution in [0.3, 0.4) is 0 Å². The molecule has 0 bridgehead atoms. The van der Waals surface area contributed by atoms with Crippen LogP contribution in [-0.2, 0) is 4.79 Å². The monoisotopic (exact) mass is 169 g/mol. The lowest BCUT2D eigenvalue weighted by molar-refractivity contribution is -0.123. The molecule has 0 aromatic carbocycles. The molecule has 0 heterocycles. The maximum Gasteiger partial charge on any atom is 0.149 e. The molecule has 0 spiro atoms. The van der Waals surface area contributed by atoms with Gasteiger partial charge in [0.1, 0.15) is 11.2 Å². The van der Waals surface area contributed by atoms with Gasteiger partial charge < -0.3 is 0 Å². The fourth-order valence-electron chi connectivity index (χ4n) is 1.39. The first-order valence-electron chi connectivity index (χ1n) is 3.84. The molecule has 60 valence electrons. The van der Waals surface area contributed by atoms with Crippen LogP contribution >= 0.6 is 11.8 Å². The van der Waals surface area contributed by atoms with Crippen LogP contribution in [0.1, 0.15) is 26.2 Å². The predicted octanol–water partition coefficient (Wildman–Crippen LogP) is 1.96. The van der Waals surface area contributed by atoms with Crippen LogP contribution in [0.4, 0.5) is 0 Å². The van der Waals surface area contributed by atoms with Crippen molar-refractivity contribution in [2.75, 3.05) is 0 Å². The van der Waals surface area contributed by atoms with Gasteiger partial charge in [0.15, 0.2) is 0 Å². The zero-order valence-corrected chi connectivity index (χ0v) is 7.36. The number of carbonyl (C=O) groups is 1. The van der Waals surface area contributed by atoms with Crippen LogP contribution < -0.4 is 0 Å². The first kappa shape index (κ1) is 8.61. The van der Waals surface area contributed by atoms with Crippen molar-refractivity contribution in [2.24, 2.45) is 5.92 Å². The van der Waals surface area contributed by atoms with Gasteiger partial charge in [-0.15, -0.1) is 0 Å². The van der Waals surface area contributed by atoms with Crippen molar-refractivity contribution >= 4 is 17.5 Å². The number of hydrogen-bond acceptors (Lipinski definition) is 3. The number of rotatable bonds is 1. The Hall–Kier alpha value is -0.490. The van der Waals surface area contributed by atoms with Gasteiger partial charge in [0.05, 0.1) is 5.25 Å². The molecule has 0 saturated heterocycles. The summed E-state index contributed by atoms with van der Waals surface area (Å²) in [6.45, 7) is 1.95. The summed E-state index contributed by atoms with van der Waals surface area (Å²) in [5, 5.41) is 10.3. The number of hydrogen-bond donors (Lipinski definition) is 0. The summed E-state index contributed by atoms with van der Waals surface area (Å²) in [6, 6.07) is 0. The third-order valence-corrected chi connectivity index (χ3v) is 2.96. The van der Waals surface area contributed by atoms with Gasteiger partial charge in [-0.1, -0.05) is 13.3 Å². The molecule has 0 aliphatic heterocycles. The summed E-state index contributed by atoms with van der Waals surface area (Å²) < 4.78 is 0. The maximum absolute atomic E-state index is 11.3. The molecule has 1 aliphatic rings. The van der Waals surface area contributed by atoms with Crippen molar-refractivity contribution < 1.29 is 4.79 Å². The normalized spacial score (nSPS) is 31.5. The predicted molar refractivity (Wildman–Crippen MR) is 45.0 cm³/mol. The fraction of sp³-hybridized carbons (Fsp3) is 0.750. The van der Waals surface area contributed by atoms with Crippen LogP contribution in [0.15, 0.2) is 0 Å². The molecular formula is C8H11NOS. The van der Waals surface area contributed by atoms with E-state index in [0.29, 0.717) is 0 Å². The Morgan fingerprint density at radius 2 is 2.36 bits per heavy atom. The molecule has 0 amide bonds. The molecule has 3 heteroatoms.